The molecular formula is C20H22N2O5S. The largest absolute Gasteiger partial charge is 0.481 e. The van der Waals surface area contributed by atoms with Crippen LogP contribution in [0, 0.1) is 0 Å². The average Bonchev–Trinajstić information content (AvgIpc) is 3.09. The first-order chi connectivity index (χ1) is 13.4. The van der Waals surface area contributed by atoms with Crippen molar-refractivity contribution in [3.05, 3.63) is 66.4 Å². The second-order valence-corrected chi connectivity index (χ2v) is 8.26. The van der Waals surface area contributed by atoms with Crippen LogP contribution in [-0.4, -0.2) is 43.0 Å². The van der Waals surface area contributed by atoms with Gasteiger partial charge in [-0.3, -0.25) is 0 Å². The molecule has 0 radical (unpaired) electrons. The first-order valence-corrected chi connectivity index (χ1v) is 10.5. The van der Waals surface area contributed by atoms with Crippen molar-refractivity contribution in [2.45, 2.75) is 13.0 Å². The predicted octanol–water partition coefficient (Wildman–Crippen LogP) is 2.27. The molecule has 0 fully saturated rings. The second kappa shape index (κ2) is 8.90. The zero-order valence-electron chi connectivity index (χ0n) is 15.2. The number of aliphatic carboxylic acids is 1. The molecule has 0 atom stereocenters. The topological polar surface area (TPSA) is 97.6 Å². The van der Waals surface area contributed by atoms with Crippen LogP contribution >= 0.6 is 0 Å². The molecule has 0 saturated heterocycles. The average molecular weight is 402 g/mol. The Bertz CT molecular complexity index is 1040. The summed E-state index contributed by atoms with van der Waals surface area (Å²) in [5, 5.41) is 9.55. The van der Waals surface area contributed by atoms with Gasteiger partial charge in [0.1, 0.15) is 5.75 Å². The maximum Gasteiger partial charge on any atom is 0.341 e. The first-order valence-electron chi connectivity index (χ1n) is 8.88. The smallest absolute Gasteiger partial charge is 0.341 e. The Balaban J connectivity index is 1.57. The Kier molecular flexibility index (Phi) is 6.33. The minimum atomic E-state index is -3.37. The third-order valence-electron chi connectivity index (χ3n) is 4.30. The number of hydrogen-bond acceptors (Lipinski definition) is 4. The molecule has 0 bridgehead atoms. The monoisotopic (exact) mass is 402 g/mol. The molecule has 1 heterocycles. The number of aromatic nitrogens is 1. The minimum absolute atomic E-state index is 0.0383. The van der Waals surface area contributed by atoms with E-state index in [-0.39, 0.29) is 12.3 Å². The van der Waals surface area contributed by atoms with E-state index in [4.69, 9.17) is 9.84 Å². The molecule has 0 saturated carbocycles. The van der Waals surface area contributed by atoms with E-state index < -0.39 is 22.6 Å². The van der Waals surface area contributed by atoms with E-state index in [1.165, 1.54) is 0 Å². The number of nitrogens with one attached hydrogen (secondary N) is 1. The van der Waals surface area contributed by atoms with Crippen LogP contribution in [0.3, 0.4) is 0 Å². The summed E-state index contributed by atoms with van der Waals surface area (Å²) < 4.78 is 34.2. The fourth-order valence-electron chi connectivity index (χ4n) is 2.95. The van der Waals surface area contributed by atoms with Gasteiger partial charge in [0.15, 0.2) is 6.61 Å². The SMILES string of the molecule is O=C(O)COc1cccc2c1ccn2CCNS(=O)(=O)CCc1ccccc1. The number of rotatable bonds is 10. The molecule has 2 N–H and O–H groups in total. The van der Waals surface area contributed by atoms with Gasteiger partial charge in [-0.2, -0.15) is 0 Å². The standard InChI is InChI=1S/C20H22N2O5S/c23-20(24)15-27-19-8-4-7-18-17(19)9-12-22(18)13-11-21-28(25,26)14-10-16-5-2-1-3-6-16/h1-9,12,21H,10-11,13-15H2,(H,23,24). The van der Waals surface area contributed by atoms with Gasteiger partial charge in [0.05, 0.1) is 11.3 Å². The van der Waals surface area contributed by atoms with Gasteiger partial charge >= 0.3 is 5.97 Å². The zero-order valence-corrected chi connectivity index (χ0v) is 16.1. The van der Waals surface area contributed by atoms with Crippen molar-refractivity contribution in [1.82, 2.24) is 9.29 Å². The molecule has 0 aliphatic heterocycles. The molecular weight excluding hydrogens is 380 g/mol. The van der Waals surface area contributed by atoms with E-state index >= 15 is 0 Å². The number of carboxylic acid groups (broad SMARTS) is 1. The first kappa shape index (κ1) is 19.9. The molecule has 8 heteroatoms. The molecule has 0 aliphatic carbocycles. The van der Waals surface area contributed by atoms with Gasteiger partial charge in [-0.1, -0.05) is 36.4 Å². The number of ether oxygens (including phenoxy) is 1. The molecule has 3 aromatic rings. The highest BCUT2D eigenvalue weighted by Gasteiger charge is 2.11. The van der Waals surface area contributed by atoms with Gasteiger partial charge in [0.2, 0.25) is 10.0 Å². The van der Waals surface area contributed by atoms with E-state index in [2.05, 4.69) is 4.72 Å². The van der Waals surface area contributed by atoms with Crippen molar-refractivity contribution in [2.75, 3.05) is 18.9 Å². The van der Waals surface area contributed by atoms with Crippen LogP contribution in [0.25, 0.3) is 10.9 Å². The molecule has 3 rings (SSSR count). The van der Waals surface area contributed by atoms with Crippen LogP contribution in [-0.2, 0) is 27.8 Å². The normalized spacial score (nSPS) is 11.6. The number of sulfonamides is 1. The third kappa shape index (κ3) is 5.34. The summed E-state index contributed by atoms with van der Waals surface area (Å²) in [5.74, 6) is -0.514. The van der Waals surface area contributed by atoms with Crippen molar-refractivity contribution >= 4 is 26.9 Å². The van der Waals surface area contributed by atoms with Gasteiger partial charge in [-0.25, -0.2) is 17.9 Å². The summed E-state index contributed by atoms with van der Waals surface area (Å²) in [6, 6.07) is 16.7. The van der Waals surface area contributed by atoms with Crippen LogP contribution in [0.15, 0.2) is 60.8 Å². The van der Waals surface area contributed by atoms with Crippen molar-refractivity contribution in [3.8, 4) is 5.75 Å². The Labute approximate surface area is 163 Å². The fourth-order valence-corrected chi connectivity index (χ4v) is 4.00. The number of fused-ring (bicyclic) bond motifs is 1. The van der Waals surface area contributed by atoms with E-state index in [0.717, 1.165) is 16.5 Å². The minimum Gasteiger partial charge on any atom is -0.481 e. The highest BCUT2D eigenvalue weighted by atomic mass is 32.2. The zero-order chi connectivity index (χ0) is 20.0. The van der Waals surface area contributed by atoms with Crippen LogP contribution < -0.4 is 9.46 Å². The quantitative estimate of drug-likeness (QED) is 0.542. The van der Waals surface area contributed by atoms with E-state index in [1.54, 1.807) is 12.1 Å². The van der Waals surface area contributed by atoms with Gasteiger partial charge in [0.25, 0.3) is 0 Å². The van der Waals surface area contributed by atoms with Crippen molar-refractivity contribution < 1.29 is 23.1 Å². The molecule has 0 spiro atoms. The van der Waals surface area contributed by atoms with Gasteiger partial charge in [-0.15, -0.1) is 0 Å². The lowest BCUT2D eigenvalue weighted by Gasteiger charge is -2.10. The Morgan fingerprint density at radius 3 is 2.61 bits per heavy atom. The predicted molar refractivity (Wildman–Crippen MR) is 107 cm³/mol. The summed E-state index contributed by atoms with van der Waals surface area (Å²) in [6.45, 7) is 0.309. The lowest BCUT2D eigenvalue weighted by atomic mass is 10.2. The maximum atomic E-state index is 12.2. The van der Waals surface area contributed by atoms with E-state index in [9.17, 15) is 13.2 Å². The number of hydrogen-bond donors (Lipinski definition) is 2. The van der Waals surface area contributed by atoms with Gasteiger partial charge in [-0.05, 0) is 30.2 Å². The van der Waals surface area contributed by atoms with Crippen LogP contribution in [0.1, 0.15) is 5.56 Å². The molecule has 2 aromatic carbocycles. The van der Waals surface area contributed by atoms with Crippen molar-refractivity contribution in [2.24, 2.45) is 0 Å². The molecule has 28 heavy (non-hydrogen) atoms. The number of carbonyl (C=O) groups is 1. The van der Waals surface area contributed by atoms with Crippen LogP contribution in [0.2, 0.25) is 0 Å². The lowest BCUT2D eigenvalue weighted by molar-refractivity contribution is -0.139. The molecule has 0 amide bonds. The summed E-state index contributed by atoms with van der Waals surface area (Å²) in [7, 11) is -3.37. The maximum absolute atomic E-state index is 12.2. The summed E-state index contributed by atoms with van der Waals surface area (Å²) >= 11 is 0. The van der Waals surface area contributed by atoms with Crippen molar-refractivity contribution in [3.63, 3.8) is 0 Å². The van der Waals surface area contributed by atoms with Crippen LogP contribution in [0.5, 0.6) is 5.75 Å². The lowest BCUT2D eigenvalue weighted by Crippen LogP contribution is -2.30. The Morgan fingerprint density at radius 2 is 1.86 bits per heavy atom. The molecule has 1 aromatic heterocycles. The second-order valence-electron chi connectivity index (χ2n) is 6.33. The molecule has 7 nitrogen and oxygen atoms in total. The van der Waals surface area contributed by atoms with Gasteiger partial charge < -0.3 is 14.4 Å². The number of aryl methyl sites for hydroxylation is 1. The molecule has 0 aliphatic rings. The van der Waals surface area contributed by atoms with Crippen LogP contribution in [0.4, 0.5) is 0 Å². The van der Waals surface area contributed by atoms with E-state index in [0.29, 0.717) is 18.7 Å². The fraction of sp³-hybridized carbons (Fsp3) is 0.250. The van der Waals surface area contributed by atoms with Gasteiger partial charge in [0, 0.05) is 24.7 Å². The number of benzene rings is 2. The van der Waals surface area contributed by atoms with E-state index in [1.807, 2.05) is 53.2 Å². The third-order valence-corrected chi connectivity index (χ3v) is 5.69. The number of carboxylic acids is 1. The molecule has 0 unspecified atom stereocenters. The highest BCUT2D eigenvalue weighted by Crippen LogP contribution is 2.26. The van der Waals surface area contributed by atoms with Crippen molar-refractivity contribution in [1.29, 1.82) is 0 Å². The summed E-state index contributed by atoms with van der Waals surface area (Å²) in [6.07, 6.45) is 2.30. The Morgan fingerprint density at radius 1 is 1.07 bits per heavy atom. The Hall–Kier alpha value is -2.84. The summed E-state index contributed by atoms with van der Waals surface area (Å²) in [4.78, 5) is 10.7. The summed E-state index contributed by atoms with van der Waals surface area (Å²) in [5.41, 5.74) is 1.84. The number of nitrogens with zero attached hydrogens (tertiary/aromatic N) is 1. The molecule has 148 valence electrons. The highest BCUT2D eigenvalue weighted by molar-refractivity contribution is 7.89.